The second-order valence-corrected chi connectivity index (χ2v) is 11.2. The number of benzene rings is 4. The van der Waals surface area contributed by atoms with Crippen molar-refractivity contribution in [2.45, 2.75) is 23.5 Å². The van der Waals surface area contributed by atoms with Gasteiger partial charge in [0.25, 0.3) is 11.8 Å². The van der Waals surface area contributed by atoms with Gasteiger partial charge in [-0.3, -0.25) is 24.0 Å². The van der Waals surface area contributed by atoms with Crippen molar-refractivity contribution in [1.82, 2.24) is 5.32 Å². The predicted octanol–water partition coefficient (Wildman–Crippen LogP) is 5.86. The summed E-state index contributed by atoms with van der Waals surface area (Å²) in [5, 5.41) is 4.67. The third-order valence-electron chi connectivity index (χ3n) is 6.70. The molecule has 1 heterocycles. The van der Waals surface area contributed by atoms with E-state index < -0.39 is 22.9 Å². The molecule has 4 amide bonds. The van der Waals surface area contributed by atoms with Crippen molar-refractivity contribution in [1.29, 1.82) is 0 Å². The van der Waals surface area contributed by atoms with Crippen LogP contribution in [0.5, 0.6) is 0 Å². The van der Waals surface area contributed by atoms with Gasteiger partial charge in [0.15, 0.2) is 5.78 Å². The van der Waals surface area contributed by atoms with Crippen molar-refractivity contribution >= 4 is 58.6 Å². The van der Waals surface area contributed by atoms with Crippen molar-refractivity contribution < 1.29 is 28.4 Å². The van der Waals surface area contributed by atoms with Gasteiger partial charge in [0, 0.05) is 28.1 Å². The van der Waals surface area contributed by atoms with Gasteiger partial charge in [0.2, 0.25) is 11.8 Å². The lowest BCUT2D eigenvalue weighted by molar-refractivity contribution is -0.121. The molecule has 1 unspecified atom stereocenters. The molecule has 1 atom stereocenters. The van der Waals surface area contributed by atoms with Gasteiger partial charge in [-0.05, 0) is 85.3 Å². The molecule has 44 heavy (non-hydrogen) atoms. The first-order chi connectivity index (χ1) is 21.2. The fourth-order valence-corrected chi connectivity index (χ4v) is 5.64. The first-order valence-electron chi connectivity index (χ1n) is 13.6. The van der Waals surface area contributed by atoms with E-state index in [1.165, 1.54) is 43.0 Å². The topological polar surface area (TPSA) is 113 Å². The molecule has 220 valence electrons. The highest BCUT2D eigenvalue weighted by atomic mass is 32.2. The molecule has 4 aromatic rings. The number of imide groups is 1. The molecule has 1 aliphatic heterocycles. The van der Waals surface area contributed by atoms with E-state index in [9.17, 15) is 28.4 Å². The van der Waals surface area contributed by atoms with E-state index >= 15 is 0 Å². The van der Waals surface area contributed by atoms with Crippen LogP contribution in [0.2, 0.25) is 0 Å². The van der Waals surface area contributed by atoms with Crippen molar-refractivity contribution in [2.24, 2.45) is 0 Å². The van der Waals surface area contributed by atoms with Gasteiger partial charge in [-0.25, -0.2) is 9.29 Å². The first-order valence-corrected chi connectivity index (χ1v) is 14.5. The fourth-order valence-electron chi connectivity index (χ4n) is 4.53. The van der Waals surface area contributed by atoms with Crippen LogP contribution in [0.1, 0.15) is 39.6 Å². The molecule has 0 aliphatic carbocycles. The van der Waals surface area contributed by atoms with Crippen LogP contribution in [-0.2, 0) is 14.4 Å². The number of halogens is 1. The highest BCUT2D eigenvalue weighted by Crippen LogP contribution is 2.35. The lowest BCUT2D eigenvalue weighted by Gasteiger charge is -2.15. The van der Waals surface area contributed by atoms with Crippen LogP contribution in [0.4, 0.5) is 15.8 Å². The zero-order chi connectivity index (χ0) is 31.2. The third-order valence-corrected chi connectivity index (χ3v) is 7.87. The number of Topliss-reactive ketones (excluding diaryl/α,β-unsaturated/α-hetero) is 1. The molecule has 8 nitrogen and oxygen atoms in total. The standard InChI is InChI=1S/C34H26FN3O5S/c1-21(39)23-13-15-27(16-14-23)38-31(40)20-30(34(38)43)44-28-12-6-11-26(19-28)36-33(42)29(18-22-7-5-10-25(35)17-22)37-32(41)24-8-3-2-4-9-24/h2-19,30H,20H2,1H3,(H,36,42)(H,37,41). The van der Waals surface area contributed by atoms with E-state index in [0.717, 1.165) is 4.90 Å². The zero-order valence-corrected chi connectivity index (χ0v) is 24.3. The van der Waals surface area contributed by atoms with E-state index in [-0.39, 0.29) is 29.7 Å². The summed E-state index contributed by atoms with van der Waals surface area (Å²) in [6, 6.07) is 27.0. The number of amides is 4. The summed E-state index contributed by atoms with van der Waals surface area (Å²) in [5.41, 5.74) is 1.86. The van der Waals surface area contributed by atoms with E-state index in [0.29, 0.717) is 33.0 Å². The van der Waals surface area contributed by atoms with Gasteiger partial charge >= 0.3 is 0 Å². The minimum Gasteiger partial charge on any atom is -0.321 e. The number of thioether (sulfide) groups is 1. The molecule has 1 fully saturated rings. The number of carbonyl (C=O) groups excluding carboxylic acids is 5. The van der Waals surface area contributed by atoms with E-state index in [1.54, 1.807) is 84.9 Å². The highest BCUT2D eigenvalue weighted by molar-refractivity contribution is 8.00. The molecular formula is C34H26FN3O5S. The molecule has 10 heteroatoms. The first kappa shape index (κ1) is 30.1. The zero-order valence-electron chi connectivity index (χ0n) is 23.5. The summed E-state index contributed by atoms with van der Waals surface area (Å²) in [6.07, 6.45) is 1.36. The van der Waals surface area contributed by atoms with Gasteiger partial charge in [-0.2, -0.15) is 0 Å². The Balaban J connectivity index is 1.31. The number of rotatable bonds is 9. The molecule has 5 rings (SSSR count). The molecule has 1 aliphatic rings. The number of ketones is 1. The summed E-state index contributed by atoms with van der Waals surface area (Å²) in [7, 11) is 0. The van der Waals surface area contributed by atoms with Gasteiger partial charge in [0.1, 0.15) is 11.5 Å². The Morgan fingerprint density at radius 3 is 2.30 bits per heavy atom. The minimum atomic E-state index is -0.686. The van der Waals surface area contributed by atoms with Gasteiger partial charge < -0.3 is 10.6 Å². The minimum absolute atomic E-state index is 0.0133. The van der Waals surface area contributed by atoms with Gasteiger partial charge in [-0.1, -0.05) is 36.4 Å². The molecule has 2 N–H and O–H groups in total. The van der Waals surface area contributed by atoms with Crippen LogP contribution in [0.15, 0.2) is 114 Å². The van der Waals surface area contributed by atoms with Crippen LogP contribution in [-0.4, -0.2) is 34.7 Å². The number of nitrogens with zero attached hydrogens (tertiary/aromatic N) is 1. The Bertz CT molecular complexity index is 1790. The predicted molar refractivity (Wildman–Crippen MR) is 167 cm³/mol. The molecular weight excluding hydrogens is 581 g/mol. The molecule has 0 saturated carbocycles. The maximum Gasteiger partial charge on any atom is 0.272 e. The molecule has 1 saturated heterocycles. The molecule has 0 spiro atoms. The lowest BCUT2D eigenvalue weighted by atomic mass is 10.1. The average molecular weight is 608 g/mol. The molecule has 0 aromatic heterocycles. The SMILES string of the molecule is CC(=O)c1ccc(N2C(=O)CC(Sc3cccc(NC(=O)C(=Cc4cccc(F)c4)NC(=O)c4ccccc4)c3)C2=O)cc1. The Labute approximate surface area is 257 Å². The van der Waals surface area contributed by atoms with Crippen molar-refractivity contribution in [3.63, 3.8) is 0 Å². The molecule has 4 aromatic carbocycles. The highest BCUT2D eigenvalue weighted by Gasteiger charge is 2.40. The largest absolute Gasteiger partial charge is 0.321 e. The second-order valence-electron chi connectivity index (χ2n) is 9.90. The Hall–Kier alpha value is -5.35. The monoisotopic (exact) mass is 607 g/mol. The van der Waals surface area contributed by atoms with E-state index in [4.69, 9.17) is 0 Å². The van der Waals surface area contributed by atoms with Gasteiger partial charge in [-0.15, -0.1) is 11.8 Å². The van der Waals surface area contributed by atoms with E-state index in [2.05, 4.69) is 10.6 Å². The summed E-state index contributed by atoms with van der Waals surface area (Å²) in [4.78, 5) is 65.5. The summed E-state index contributed by atoms with van der Waals surface area (Å²) in [5.74, 6) is -2.51. The van der Waals surface area contributed by atoms with Crippen LogP contribution in [0, 0.1) is 5.82 Å². The van der Waals surface area contributed by atoms with Gasteiger partial charge in [0.05, 0.1) is 10.9 Å². The van der Waals surface area contributed by atoms with Crippen molar-refractivity contribution in [3.8, 4) is 0 Å². The number of hydrogen-bond acceptors (Lipinski definition) is 6. The van der Waals surface area contributed by atoms with Crippen molar-refractivity contribution in [3.05, 3.63) is 131 Å². The number of carbonyl (C=O) groups is 5. The van der Waals surface area contributed by atoms with Crippen LogP contribution in [0.3, 0.4) is 0 Å². The Kier molecular flexibility index (Phi) is 9.11. The number of nitrogens with one attached hydrogen (secondary N) is 2. The molecule has 0 bridgehead atoms. The maximum absolute atomic E-state index is 13.8. The normalized spacial score (nSPS) is 14.8. The second kappa shape index (κ2) is 13.3. The Morgan fingerprint density at radius 1 is 0.864 bits per heavy atom. The van der Waals surface area contributed by atoms with E-state index in [1.807, 2.05) is 0 Å². The third kappa shape index (κ3) is 7.16. The summed E-state index contributed by atoms with van der Waals surface area (Å²) in [6.45, 7) is 1.44. The maximum atomic E-state index is 13.8. The average Bonchev–Trinajstić information content (AvgIpc) is 3.29. The van der Waals surface area contributed by atoms with Crippen molar-refractivity contribution in [2.75, 3.05) is 10.2 Å². The summed E-state index contributed by atoms with van der Waals surface area (Å²) < 4.78 is 13.8. The number of hydrogen-bond donors (Lipinski definition) is 2. The molecule has 0 radical (unpaired) electrons. The summed E-state index contributed by atoms with van der Waals surface area (Å²) >= 11 is 1.19. The van der Waals surface area contributed by atoms with Crippen LogP contribution < -0.4 is 15.5 Å². The smallest absolute Gasteiger partial charge is 0.272 e. The lowest BCUT2D eigenvalue weighted by Crippen LogP contribution is -2.31. The quantitative estimate of drug-likeness (QED) is 0.140. The number of anilines is 2. The fraction of sp³-hybridized carbons (Fsp3) is 0.0882. The Morgan fingerprint density at radius 2 is 1.59 bits per heavy atom. The van der Waals surface area contributed by atoms with Crippen LogP contribution >= 0.6 is 11.8 Å². The van der Waals surface area contributed by atoms with Crippen LogP contribution in [0.25, 0.3) is 6.08 Å².